The minimum atomic E-state index is 0. The Kier molecular flexibility index (Phi) is 8.81. The van der Waals surface area contributed by atoms with Gasteiger partial charge in [-0.2, -0.15) is 4.99 Å². The first kappa shape index (κ1) is 19.6. The van der Waals surface area contributed by atoms with E-state index in [9.17, 15) is 0 Å². The summed E-state index contributed by atoms with van der Waals surface area (Å²) in [7, 11) is 0. The summed E-state index contributed by atoms with van der Waals surface area (Å²) in [5.41, 5.74) is 12.1. The monoisotopic (exact) mass is 357 g/mol. The Bertz CT molecular complexity index is 516. The van der Waals surface area contributed by atoms with Gasteiger partial charge < -0.3 is 16.8 Å². The molecule has 0 heterocycles. The molecule has 0 atom stereocenters. The molecule has 1 aliphatic rings. The van der Waals surface area contributed by atoms with Gasteiger partial charge in [0.25, 0.3) is 0 Å². The molecule has 0 bridgehead atoms. The van der Waals surface area contributed by atoms with Crippen LogP contribution in [0.5, 0.6) is 0 Å². The summed E-state index contributed by atoms with van der Waals surface area (Å²) < 4.78 is 0. The lowest BCUT2D eigenvalue weighted by molar-refractivity contribution is 0.530. The molecule has 0 saturated heterocycles. The summed E-state index contributed by atoms with van der Waals surface area (Å²) in [5.74, 6) is 0.540. The summed E-state index contributed by atoms with van der Waals surface area (Å²) >= 11 is 5.88. The highest BCUT2D eigenvalue weighted by atomic mass is 35.5. The van der Waals surface area contributed by atoms with Gasteiger partial charge in [0.1, 0.15) is 0 Å². The van der Waals surface area contributed by atoms with Gasteiger partial charge >= 0.3 is 0 Å². The molecule has 5 N–H and O–H groups in total. The first-order chi connectivity index (χ1) is 10.6. The Morgan fingerprint density at radius 2 is 1.70 bits per heavy atom. The van der Waals surface area contributed by atoms with Gasteiger partial charge in [0.05, 0.1) is 6.54 Å². The summed E-state index contributed by atoms with van der Waals surface area (Å²) in [6.45, 7) is 0.517. The highest BCUT2D eigenvalue weighted by Crippen LogP contribution is 2.17. The summed E-state index contributed by atoms with van der Waals surface area (Å²) in [6.07, 6.45) is 7.36. The Labute approximate surface area is 149 Å². The maximum absolute atomic E-state index is 5.88. The van der Waals surface area contributed by atoms with Crippen molar-refractivity contribution in [2.75, 3.05) is 0 Å². The van der Waals surface area contributed by atoms with Crippen LogP contribution in [0.3, 0.4) is 0 Å². The second-order valence-electron chi connectivity index (χ2n) is 5.64. The molecule has 0 radical (unpaired) electrons. The van der Waals surface area contributed by atoms with E-state index in [2.05, 4.69) is 15.3 Å². The molecule has 0 amide bonds. The van der Waals surface area contributed by atoms with Crippen LogP contribution in [0.25, 0.3) is 0 Å². The Balaban J connectivity index is 0.00000264. The van der Waals surface area contributed by atoms with E-state index in [1.807, 2.05) is 24.3 Å². The van der Waals surface area contributed by atoms with Gasteiger partial charge in [-0.25, -0.2) is 4.99 Å². The van der Waals surface area contributed by atoms with Crippen molar-refractivity contribution in [1.82, 2.24) is 5.32 Å². The largest absolute Gasteiger partial charge is 0.370 e. The number of hydrogen-bond acceptors (Lipinski definition) is 1. The van der Waals surface area contributed by atoms with Crippen LogP contribution in [0.4, 0.5) is 0 Å². The lowest BCUT2D eigenvalue weighted by Gasteiger charge is -2.17. The van der Waals surface area contributed by atoms with Crippen molar-refractivity contribution in [3.8, 4) is 0 Å². The number of halogens is 2. The van der Waals surface area contributed by atoms with Crippen LogP contribution < -0.4 is 16.8 Å². The van der Waals surface area contributed by atoms with Gasteiger partial charge in [0.2, 0.25) is 5.96 Å². The first-order valence-corrected chi connectivity index (χ1v) is 8.16. The van der Waals surface area contributed by atoms with Crippen LogP contribution >= 0.6 is 24.0 Å². The van der Waals surface area contributed by atoms with E-state index in [-0.39, 0.29) is 18.4 Å². The molecule has 23 heavy (non-hydrogen) atoms. The van der Waals surface area contributed by atoms with E-state index in [4.69, 9.17) is 23.1 Å². The molecule has 128 valence electrons. The van der Waals surface area contributed by atoms with Gasteiger partial charge in [-0.05, 0) is 30.5 Å². The van der Waals surface area contributed by atoms with Crippen molar-refractivity contribution in [2.45, 2.75) is 51.1 Å². The van der Waals surface area contributed by atoms with Crippen molar-refractivity contribution in [3.05, 3.63) is 34.9 Å². The fourth-order valence-corrected chi connectivity index (χ4v) is 2.72. The number of nitrogens with two attached hydrogens (primary N) is 2. The highest BCUT2D eigenvalue weighted by Gasteiger charge is 2.13. The van der Waals surface area contributed by atoms with Crippen LogP contribution in [0.1, 0.15) is 44.1 Å². The summed E-state index contributed by atoms with van der Waals surface area (Å²) in [4.78, 5) is 8.62. The average molecular weight is 358 g/mol. The van der Waals surface area contributed by atoms with E-state index in [0.29, 0.717) is 23.6 Å². The third-order valence-corrected chi connectivity index (χ3v) is 4.00. The predicted molar refractivity (Wildman–Crippen MR) is 100 cm³/mol. The van der Waals surface area contributed by atoms with Crippen LogP contribution in [-0.4, -0.2) is 18.0 Å². The number of aliphatic imine (C=N–C) groups is 2. The predicted octanol–water partition coefficient (Wildman–Crippen LogP) is 3.20. The second kappa shape index (κ2) is 10.3. The molecule has 7 heteroatoms. The van der Waals surface area contributed by atoms with Gasteiger partial charge in [-0.15, -0.1) is 12.4 Å². The van der Waals surface area contributed by atoms with Crippen LogP contribution in [0, 0.1) is 0 Å². The van der Waals surface area contributed by atoms with Gasteiger partial charge in [0.15, 0.2) is 5.96 Å². The normalized spacial score (nSPS) is 16.1. The standard InChI is InChI=1S/C16H24ClN5.ClH/c17-13-9-7-12(8-10-13)11-20-16(22-15(18)19)21-14-5-3-1-2-4-6-14;/h7-10,14H,1-6,11H2,(H5,18,19,20,21,22);1H. The molecule has 1 fully saturated rings. The van der Waals surface area contributed by atoms with Crippen molar-refractivity contribution < 1.29 is 0 Å². The summed E-state index contributed by atoms with van der Waals surface area (Å²) in [5, 5.41) is 4.10. The minimum Gasteiger partial charge on any atom is -0.370 e. The van der Waals surface area contributed by atoms with E-state index in [1.165, 1.54) is 25.7 Å². The maximum Gasteiger partial charge on any atom is 0.221 e. The molecule has 1 saturated carbocycles. The molecule has 1 aromatic carbocycles. The molecule has 0 unspecified atom stereocenters. The van der Waals surface area contributed by atoms with Crippen molar-refractivity contribution in [3.63, 3.8) is 0 Å². The SMILES string of the molecule is Cl.NC(N)=NC(=NCc1ccc(Cl)cc1)NC1CCCCCC1. The minimum absolute atomic E-state index is 0. The lowest BCUT2D eigenvalue weighted by atomic mass is 10.1. The van der Waals surface area contributed by atoms with E-state index in [0.717, 1.165) is 18.4 Å². The fraction of sp³-hybridized carbons (Fsp3) is 0.500. The summed E-state index contributed by atoms with van der Waals surface area (Å²) in [6, 6.07) is 8.00. The number of guanidine groups is 2. The molecular weight excluding hydrogens is 333 g/mol. The van der Waals surface area contributed by atoms with E-state index >= 15 is 0 Å². The molecule has 2 rings (SSSR count). The van der Waals surface area contributed by atoms with Crippen LogP contribution in [0.15, 0.2) is 34.3 Å². The Morgan fingerprint density at radius 3 is 2.26 bits per heavy atom. The van der Waals surface area contributed by atoms with E-state index < -0.39 is 0 Å². The Hall–Kier alpha value is -1.46. The lowest BCUT2D eigenvalue weighted by Crippen LogP contribution is -2.36. The van der Waals surface area contributed by atoms with Gasteiger partial charge in [-0.3, -0.25) is 0 Å². The average Bonchev–Trinajstić information content (AvgIpc) is 2.74. The van der Waals surface area contributed by atoms with Crippen LogP contribution in [0.2, 0.25) is 5.02 Å². The third-order valence-electron chi connectivity index (χ3n) is 3.75. The topological polar surface area (TPSA) is 88.8 Å². The zero-order chi connectivity index (χ0) is 15.8. The number of rotatable bonds is 3. The number of nitrogens with one attached hydrogen (secondary N) is 1. The quantitative estimate of drug-likeness (QED) is 0.440. The highest BCUT2D eigenvalue weighted by molar-refractivity contribution is 6.30. The molecule has 1 aliphatic carbocycles. The molecule has 1 aromatic rings. The zero-order valence-corrected chi connectivity index (χ0v) is 14.7. The van der Waals surface area contributed by atoms with Gasteiger partial charge in [-0.1, -0.05) is 49.4 Å². The number of hydrogen-bond donors (Lipinski definition) is 3. The fourth-order valence-electron chi connectivity index (χ4n) is 2.60. The van der Waals surface area contributed by atoms with Gasteiger partial charge in [0, 0.05) is 11.1 Å². The smallest absolute Gasteiger partial charge is 0.221 e. The van der Waals surface area contributed by atoms with E-state index in [1.54, 1.807) is 0 Å². The van der Waals surface area contributed by atoms with Crippen LogP contribution in [-0.2, 0) is 6.54 Å². The third kappa shape index (κ3) is 7.57. The molecule has 0 aromatic heterocycles. The van der Waals surface area contributed by atoms with Crippen molar-refractivity contribution in [2.24, 2.45) is 21.5 Å². The first-order valence-electron chi connectivity index (χ1n) is 7.78. The van der Waals surface area contributed by atoms with Crippen molar-refractivity contribution >= 4 is 35.9 Å². The van der Waals surface area contributed by atoms with Crippen molar-refractivity contribution in [1.29, 1.82) is 0 Å². The molecule has 0 aliphatic heterocycles. The molecule has 0 spiro atoms. The number of benzene rings is 1. The molecule has 5 nitrogen and oxygen atoms in total. The second-order valence-corrected chi connectivity index (χ2v) is 6.07. The molecular formula is C16H25Cl2N5. The number of nitrogens with zero attached hydrogens (tertiary/aromatic N) is 2. The maximum atomic E-state index is 5.88. The zero-order valence-electron chi connectivity index (χ0n) is 13.2. The Morgan fingerprint density at radius 1 is 1.09 bits per heavy atom.